The van der Waals surface area contributed by atoms with E-state index in [0.29, 0.717) is 25.1 Å². The molecule has 1 rings (SSSR count). The van der Waals surface area contributed by atoms with E-state index in [1.807, 2.05) is 62.3 Å². The fourth-order valence-electron chi connectivity index (χ4n) is 12.1. The number of aliphatic hydroxyl groups excluding tert-OH is 1. The number of aliphatic hydroxyl groups is 1. The van der Waals surface area contributed by atoms with Gasteiger partial charge in [0, 0.05) is 67.4 Å². The second-order valence-corrected chi connectivity index (χ2v) is 29.9. The molecule has 5 N–H and O–H groups in total. The number of nitrogens with zero attached hydrogens (tertiary/aromatic N) is 8. The standard InChI is InChI=1S/C69H128N12O12S/c1-27-31-32-46(17)58(82)57-62(86)72-49(28-2)64(88)78(24)54(39-94-34-33-81(29-3)30-4)67(91)74(20)51(36-41(7)8)61(85)73-55(44(13)14)68(92)75(21)50(35-40(5)6)60(84)70-47(18)59(83)71-48(19)63(87)76(22)52(37-42(9)10)65(89)77(23)53(38-43(11)12)66(90)79(25)56(45(15)16)69(93)80(57)26/h40-58,82H,27-39H2,1-26H3,(H,70,84)(H,71,83)(H,72,86)(H,73,85)/t46-,47-,48+,49-,50?,51+,52-,53-,54-,55-,56-,57-,58-/m1/s1. The number of carbonyl (C=O) groups excluding carboxylic acids is 11. The Labute approximate surface area is 570 Å². The molecule has 0 aromatic rings. The molecule has 1 fully saturated rings. The van der Waals surface area contributed by atoms with E-state index < -0.39 is 155 Å². The molecule has 0 radical (unpaired) electrons. The number of likely N-dealkylation sites (N-methyl/N-ethyl adjacent to an activating group) is 7. The summed E-state index contributed by atoms with van der Waals surface area (Å²) in [5.41, 5.74) is 0. The van der Waals surface area contributed by atoms with Crippen molar-refractivity contribution in [3.8, 4) is 0 Å². The van der Waals surface area contributed by atoms with Gasteiger partial charge in [-0.1, -0.05) is 131 Å². The summed E-state index contributed by atoms with van der Waals surface area (Å²) >= 11 is 1.45. The van der Waals surface area contributed by atoms with Gasteiger partial charge in [0.2, 0.25) is 65.0 Å². The second kappa shape index (κ2) is 40.9. The first-order valence-electron chi connectivity index (χ1n) is 34.7. The molecule has 13 atom stereocenters. The van der Waals surface area contributed by atoms with Gasteiger partial charge in [0.05, 0.1) is 6.10 Å². The molecule has 0 aliphatic carbocycles. The Balaban J connectivity index is 4.55. The summed E-state index contributed by atoms with van der Waals surface area (Å²) in [5, 5.41) is 23.6. The van der Waals surface area contributed by atoms with Crippen molar-refractivity contribution in [1.82, 2.24) is 60.5 Å². The van der Waals surface area contributed by atoms with E-state index >= 15 is 28.8 Å². The third-order valence-electron chi connectivity index (χ3n) is 18.4. The van der Waals surface area contributed by atoms with Gasteiger partial charge in [0.25, 0.3) is 0 Å². The molecule has 542 valence electrons. The van der Waals surface area contributed by atoms with E-state index in [4.69, 9.17) is 0 Å². The zero-order valence-corrected chi connectivity index (χ0v) is 63.4. The van der Waals surface area contributed by atoms with E-state index in [9.17, 15) is 29.1 Å². The zero-order chi connectivity index (χ0) is 72.7. The van der Waals surface area contributed by atoms with Gasteiger partial charge in [-0.05, 0) is 107 Å². The molecule has 94 heavy (non-hydrogen) atoms. The molecule has 1 unspecified atom stereocenters. The van der Waals surface area contributed by atoms with Crippen LogP contribution in [0.15, 0.2) is 0 Å². The van der Waals surface area contributed by atoms with Crippen LogP contribution >= 0.6 is 11.8 Å². The summed E-state index contributed by atoms with van der Waals surface area (Å²) in [5.74, 6) is -8.82. The Morgan fingerprint density at radius 1 is 0.436 bits per heavy atom. The Hall–Kier alpha value is -5.56. The number of hydrogen-bond donors (Lipinski definition) is 5. The van der Waals surface area contributed by atoms with Crippen molar-refractivity contribution in [3.05, 3.63) is 0 Å². The van der Waals surface area contributed by atoms with Crippen LogP contribution in [0.1, 0.15) is 183 Å². The maximum absolute atomic E-state index is 15.4. The fraction of sp³-hybridized carbons (Fsp3) is 0.841. The number of unbranched alkanes of at least 4 members (excludes halogenated alkanes) is 1. The van der Waals surface area contributed by atoms with Crippen LogP contribution in [0.2, 0.25) is 0 Å². The molecule has 0 saturated carbocycles. The van der Waals surface area contributed by atoms with Crippen molar-refractivity contribution >= 4 is 76.7 Å². The van der Waals surface area contributed by atoms with Crippen molar-refractivity contribution in [2.24, 2.45) is 41.4 Å². The SMILES string of the molecule is CCCC[C@@H](C)[C@@H](O)[C@@H]1C(=O)N[C@H](CC)C(=O)N(C)[C@H](CSCCN(CC)CC)C(=O)N(C)[C@@H](CC(C)C)C(=O)N[C@H](C(C)C)C(=O)N(C)C(CC(C)C)C(=O)N[C@H](C)C(=O)N[C@@H](C)C(=O)N(C)[C@H](CC(C)C)C(=O)N(C)[C@H](CC(C)C)C(=O)N(C)[C@H](C(C)C)C(=O)N1C. The number of rotatable bonds is 23. The van der Waals surface area contributed by atoms with Gasteiger partial charge in [-0.3, -0.25) is 52.7 Å². The van der Waals surface area contributed by atoms with E-state index in [2.05, 4.69) is 40.0 Å². The molecule has 24 nitrogen and oxygen atoms in total. The molecule has 1 heterocycles. The van der Waals surface area contributed by atoms with Gasteiger partial charge in [0.15, 0.2) is 0 Å². The Morgan fingerprint density at radius 2 is 0.840 bits per heavy atom. The molecule has 1 saturated heterocycles. The minimum Gasteiger partial charge on any atom is -0.390 e. The molecular formula is C69H128N12O12S. The average Bonchev–Trinajstić information content (AvgIpc) is 0.858. The van der Waals surface area contributed by atoms with Crippen molar-refractivity contribution < 1.29 is 57.8 Å². The van der Waals surface area contributed by atoms with Crippen LogP contribution in [-0.4, -0.2) is 262 Å². The van der Waals surface area contributed by atoms with Crippen LogP contribution in [0.3, 0.4) is 0 Å². The highest BCUT2D eigenvalue weighted by atomic mass is 32.2. The Bertz CT molecular complexity index is 2480. The van der Waals surface area contributed by atoms with E-state index in [1.54, 1.807) is 41.5 Å². The lowest BCUT2D eigenvalue weighted by Crippen LogP contribution is -2.64. The quantitative estimate of drug-likeness (QED) is 0.0849. The second-order valence-electron chi connectivity index (χ2n) is 28.7. The predicted octanol–water partition coefficient (Wildman–Crippen LogP) is 4.94. The highest BCUT2D eigenvalue weighted by Gasteiger charge is 2.46. The van der Waals surface area contributed by atoms with Gasteiger partial charge in [-0.15, -0.1) is 0 Å². The number of thioether (sulfide) groups is 1. The topological polar surface area (TPSA) is 282 Å². The van der Waals surface area contributed by atoms with Crippen molar-refractivity contribution in [3.63, 3.8) is 0 Å². The molecule has 0 aromatic carbocycles. The van der Waals surface area contributed by atoms with Gasteiger partial charge in [-0.2, -0.15) is 11.8 Å². The lowest BCUT2D eigenvalue weighted by Gasteiger charge is -2.41. The summed E-state index contributed by atoms with van der Waals surface area (Å²) < 4.78 is 0. The molecule has 1 aliphatic heterocycles. The first-order valence-corrected chi connectivity index (χ1v) is 35.8. The highest BCUT2D eigenvalue weighted by molar-refractivity contribution is 7.99. The monoisotopic (exact) mass is 1350 g/mol. The van der Waals surface area contributed by atoms with Crippen LogP contribution in [0.4, 0.5) is 0 Å². The van der Waals surface area contributed by atoms with Crippen LogP contribution in [0.5, 0.6) is 0 Å². The van der Waals surface area contributed by atoms with Crippen molar-refractivity contribution in [2.75, 3.05) is 80.5 Å². The summed E-state index contributed by atoms with van der Waals surface area (Å²) in [7, 11) is 10.2. The first kappa shape index (κ1) is 86.5. The molecule has 0 bridgehead atoms. The molecule has 11 amide bonds. The third kappa shape index (κ3) is 24.8. The molecular weight excluding hydrogens is 1220 g/mol. The molecule has 25 heteroatoms. The third-order valence-corrected chi connectivity index (χ3v) is 19.4. The van der Waals surface area contributed by atoms with E-state index in [-0.39, 0.29) is 61.5 Å². The normalized spacial score (nSPS) is 26.3. The minimum absolute atomic E-state index is 0.0220. The van der Waals surface area contributed by atoms with Gasteiger partial charge in [0.1, 0.15) is 66.5 Å². The molecule has 0 spiro atoms. The minimum atomic E-state index is -1.60. The lowest BCUT2D eigenvalue weighted by atomic mass is 9.90. The predicted molar refractivity (Wildman–Crippen MR) is 373 cm³/mol. The average molecular weight is 1350 g/mol. The number of hydrogen-bond acceptors (Lipinski definition) is 14. The van der Waals surface area contributed by atoms with E-state index in [1.165, 1.54) is 104 Å². The van der Waals surface area contributed by atoms with Crippen LogP contribution < -0.4 is 21.3 Å². The smallest absolute Gasteiger partial charge is 0.246 e. The summed E-state index contributed by atoms with van der Waals surface area (Å²) in [6.45, 7) is 36.8. The summed E-state index contributed by atoms with van der Waals surface area (Å²) in [6, 6.07) is -13.6. The largest absolute Gasteiger partial charge is 0.390 e. The maximum Gasteiger partial charge on any atom is 0.246 e. The van der Waals surface area contributed by atoms with Crippen molar-refractivity contribution in [1.29, 1.82) is 0 Å². The lowest BCUT2D eigenvalue weighted by molar-refractivity contribution is -0.157. The van der Waals surface area contributed by atoms with Gasteiger partial charge < -0.3 is 65.6 Å². The van der Waals surface area contributed by atoms with Gasteiger partial charge >= 0.3 is 0 Å². The Kier molecular flexibility index (Phi) is 37.6. The van der Waals surface area contributed by atoms with Gasteiger partial charge in [-0.25, -0.2) is 0 Å². The zero-order valence-electron chi connectivity index (χ0n) is 62.6. The summed E-state index contributed by atoms with van der Waals surface area (Å²) in [4.78, 5) is 175. The van der Waals surface area contributed by atoms with Crippen LogP contribution in [0, 0.1) is 41.4 Å². The molecule has 1 aliphatic rings. The molecule has 0 aromatic heterocycles. The maximum atomic E-state index is 15.4. The van der Waals surface area contributed by atoms with Crippen LogP contribution in [-0.2, 0) is 52.7 Å². The van der Waals surface area contributed by atoms with Crippen molar-refractivity contribution in [2.45, 2.75) is 255 Å². The number of carbonyl (C=O) groups is 11. The fourth-order valence-corrected chi connectivity index (χ4v) is 13.3. The first-order chi connectivity index (χ1) is 43.6. The van der Waals surface area contributed by atoms with Crippen LogP contribution in [0.25, 0.3) is 0 Å². The number of nitrogens with one attached hydrogen (secondary N) is 4. The summed E-state index contributed by atoms with van der Waals surface area (Å²) in [6.07, 6.45) is 1.12. The van der Waals surface area contributed by atoms with E-state index in [0.717, 1.165) is 24.4 Å². The Morgan fingerprint density at radius 3 is 1.29 bits per heavy atom. The highest BCUT2D eigenvalue weighted by Crippen LogP contribution is 2.27. The number of amides is 11.